The van der Waals surface area contributed by atoms with Gasteiger partial charge in [-0.25, -0.2) is 0 Å². The van der Waals surface area contributed by atoms with E-state index in [-0.39, 0.29) is 62.4 Å². The van der Waals surface area contributed by atoms with Crippen LogP contribution in [-0.2, 0) is 34.0 Å². The molecule has 1 atom stereocenters. The molecular formula is C26H27N3O5. The fourth-order valence-corrected chi connectivity index (χ4v) is 4.27. The predicted octanol–water partition coefficient (Wildman–Crippen LogP) is 2.37. The molecule has 2 aromatic carbocycles. The monoisotopic (exact) mass is 465 g/mol. The smallest absolute Gasteiger partial charge is 0.255 e. The first kappa shape index (κ1) is 17.8. The van der Waals surface area contributed by atoms with Gasteiger partial charge < -0.3 is 24.6 Å². The van der Waals surface area contributed by atoms with E-state index in [1.54, 1.807) is 18.2 Å². The van der Waals surface area contributed by atoms with Gasteiger partial charge in [-0.05, 0) is 36.1 Å². The van der Waals surface area contributed by atoms with Crippen LogP contribution in [0.1, 0.15) is 45.4 Å². The minimum atomic E-state index is -2.27. The largest absolute Gasteiger partial charge is 0.489 e. The van der Waals surface area contributed by atoms with Gasteiger partial charge in [-0.15, -0.1) is 0 Å². The standard InChI is InChI=1S/C26H27N3O5/c1-17-5-10-22(25(31)27-17)29-14-21-20(26(29)32)3-2-4-23(21)34-15-19-8-6-18(7-9-19)13-28-11-12-33-16-24(28)30/h2-4,6-9,22H,1,5,10-16H2,(H,27,31)/i6D,8D,13D2. The van der Waals surface area contributed by atoms with E-state index < -0.39 is 18.4 Å². The van der Waals surface area contributed by atoms with Gasteiger partial charge in [0.05, 0.1) is 18.6 Å². The zero-order valence-corrected chi connectivity index (χ0v) is 18.6. The molecule has 1 unspecified atom stereocenters. The fraction of sp³-hybridized carbons (Fsp3) is 0.346. The lowest BCUT2D eigenvalue weighted by Crippen LogP contribution is -2.49. The van der Waals surface area contributed by atoms with Crippen molar-refractivity contribution >= 4 is 17.7 Å². The summed E-state index contributed by atoms with van der Waals surface area (Å²) < 4.78 is 44.9. The maximum Gasteiger partial charge on any atom is 0.255 e. The van der Waals surface area contributed by atoms with Crippen LogP contribution in [0.3, 0.4) is 0 Å². The number of hydrogen-bond acceptors (Lipinski definition) is 5. The number of nitrogens with one attached hydrogen (secondary N) is 1. The molecule has 2 aromatic rings. The Kier molecular flexibility index (Phi) is 4.86. The Labute approximate surface area is 203 Å². The number of rotatable bonds is 6. The summed E-state index contributed by atoms with van der Waals surface area (Å²) in [6, 6.07) is 6.85. The lowest BCUT2D eigenvalue weighted by molar-refractivity contribution is -0.143. The first-order chi connectivity index (χ1) is 18.1. The van der Waals surface area contributed by atoms with Crippen LogP contribution >= 0.6 is 0 Å². The second kappa shape index (κ2) is 9.30. The number of carbonyl (C=O) groups excluding carboxylic acids is 3. The topological polar surface area (TPSA) is 88.2 Å². The summed E-state index contributed by atoms with van der Waals surface area (Å²) in [7, 11) is 0. The summed E-state index contributed by atoms with van der Waals surface area (Å²) in [6.07, 6.45) is 1.08. The van der Waals surface area contributed by atoms with E-state index in [1.807, 2.05) is 0 Å². The molecule has 0 aromatic heterocycles. The second-order valence-corrected chi connectivity index (χ2v) is 8.38. The van der Waals surface area contributed by atoms with Gasteiger partial charge in [0.15, 0.2) is 0 Å². The summed E-state index contributed by atoms with van der Waals surface area (Å²) >= 11 is 0. The first-order valence-corrected chi connectivity index (χ1v) is 11.1. The molecule has 5 rings (SSSR count). The van der Waals surface area contributed by atoms with Gasteiger partial charge in [0.1, 0.15) is 25.0 Å². The van der Waals surface area contributed by atoms with Gasteiger partial charge >= 0.3 is 0 Å². The van der Waals surface area contributed by atoms with Gasteiger partial charge in [-0.1, -0.05) is 36.9 Å². The molecule has 0 saturated carbocycles. The maximum absolute atomic E-state index is 13.1. The summed E-state index contributed by atoms with van der Waals surface area (Å²) in [5.74, 6) is -0.595. The van der Waals surface area contributed by atoms with Crippen molar-refractivity contribution in [3.8, 4) is 5.75 Å². The van der Waals surface area contributed by atoms with E-state index in [4.69, 9.17) is 15.0 Å². The quantitative estimate of drug-likeness (QED) is 0.708. The number of benzene rings is 2. The zero-order valence-electron chi connectivity index (χ0n) is 22.6. The van der Waals surface area contributed by atoms with E-state index in [2.05, 4.69) is 11.9 Å². The summed E-state index contributed by atoms with van der Waals surface area (Å²) in [5.41, 5.74) is 2.00. The number of nitrogens with zero attached hydrogens (tertiary/aromatic N) is 2. The molecule has 2 saturated heterocycles. The Hall–Kier alpha value is -3.65. The highest BCUT2D eigenvalue weighted by molar-refractivity contribution is 6.02. The normalized spacial score (nSPS) is 22.5. The van der Waals surface area contributed by atoms with Crippen molar-refractivity contribution in [2.24, 2.45) is 0 Å². The molecule has 8 nitrogen and oxygen atoms in total. The van der Waals surface area contributed by atoms with E-state index in [0.29, 0.717) is 41.0 Å². The minimum absolute atomic E-state index is 0.0512. The number of carbonyl (C=O) groups is 3. The Morgan fingerprint density at radius 1 is 1.21 bits per heavy atom. The van der Waals surface area contributed by atoms with Crippen molar-refractivity contribution in [2.75, 3.05) is 19.8 Å². The molecule has 1 N–H and O–H groups in total. The Balaban J connectivity index is 1.34. The molecule has 0 radical (unpaired) electrons. The number of hydrogen-bond donors (Lipinski definition) is 1. The van der Waals surface area contributed by atoms with Gasteiger partial charge in [-0.3, -0.25) is 14.4 Å². The van der Waals surface area contributed by atoms with Gasteiger partial charge in [0, 0.05) is 29.9 Å². The van der Waals surface area contributed by atoms with Gasteiger partial charge in [0.25, 0.3) is 5.91 Å². The molecule has 2 fully saturated rings. The SMILES string of the molecule is [2H]c1c(COc2cccc3c2CN(C2CCC(=C)NC2=O)C3=O)ccc(C([2H])([2H])N2CCOCC2=O)c1[2H]. The average Bonchev–Trinajstić information content (AvgIpc) is 3.21. The highest BCUT2D eigenvalue weighted by Gasteiger charge is 2.39. The molecule has 3 heterocycles. The van der Waals surface area contributed by atoms with Crippen LogP contribution in [0.15, 0.2) is 54.7 Å². The summed E-state index contributed by atoms with van der Waals surface area (Å²) in [6.45, 7) is 1.66. The number of fused-ring (bicyclic) bond motifs is 1. The lowest BCUT2D eigenvalue weighted by atomic mass is 10.0. The molecule has 34 heavy (non-hydrogen) atoms. The van der Waals surface area contributed by atoms with Crippen LogP contribution in [0.2, 0.25) is 0 Å². The van der Waals surface area contributed by atoms with Crippen LogP contribution in [0.25, 0.3) is 0 Å². The number of morpholine rings is 1. The van der Waals surface area contributed by atoms with Crippen molar-refractivity contribution < 1.29 is 29.3 Å². The van der Waals surface area contributed by atoms with E-state index >= 15 is 0 Å². The molecule has 176 valence electrons. The molecule has 0 bridgehead atoms. The zero-order chi connectivity index (χ0) is 27.2. The van der Waals surface area contributed by atoms with Crippen molar-refractivity contribution in [1.29, 1.82) is 0 Å². The van der Waals surface area contributed by atoms with Crippen LogP contribution in [0.5, 0.6) is 5.75 Å². The van der Waals surface area contributed by atoms with Crippen LogP contribution in [0.4, 0.5) is 0 Å². The van der Waals surface area contributed by atoms with E-state index in [0.717, 1.165) is 4.90 Å². The first-order valence-electron chi connectivity index (χ1n) is 13.1. The molecule has 3 aliphatic rings. The summed E-state index contributed by atoms with van der Waals surface area (Å²) in [5, 5.41) is 2.71. The Bertz CT molecular complexity index is 1350. The van der Waals surface area contributed by atoms with Gasteiger partial charge in [-0.2, -0.15) is 0 Å². The maximum atomic E-state index is 13.1. The summed E-state index contributed by atoms with van der Waals surface area (Å²) in [4.78, 5) is 40.3. The lowest BCUT2D eigenvalue weighted by Gasteiger charge is -2.31. The molecule has 0 aliphatic carbocycles. The van der Waals surface area contributed by atoms with Crippen molar-refractivity contribution in [1.82, 2.24) is 15.1 Å². The molecule has 8 heteroatoms. The number of allylic oxidation sites excluding steroid dienone is 1. The fourth-order valence-electron chi connectivity index (χ4n) is 4.27. The van der Waals surface area contributed by atoms with Crippen LogP contribution in [0, 0.1) is 0 Å². The van der Waals surface area contributed by atoms with Gasteiger partial charge in [0.2, 0.25) is 11.8 Å². The molecule has 3 amide bonds. The van der Waals surface area contributed by atoms with Crippen molar-refractivity contribution in [2.45, 2.75) is 38.5 Å². The minimum Gasteiger partial charge on any atom is -0.489 e. The molecule has 0 spiro atoms. The highest BCUT2D eigenvalue weighted by Crippen LogP contribution is 2.34. The third kappa shape index (κ3) is 4.41. The molecular weight excluding hydrogens is 434 g/mol. The predicted molar refractivity (Wildman–Crippen MR) is 124 cm³/mol. The number of piperidine rings is 1. The number of ether oxygens (including phenoxy) is 2. The van der Waals surface area contributed by atoms with E-state index in [9.17, 15) is 14.4 Å². The Morgan fingerprint density at radius 2 is 2.03 bits per heavy atom. The molecule has 3 aliphatic heterocycles. The average molecular weight is 466 g/mol. The third-order valence-corrected chi connectivity index (χ3v) is 6.08. The van der Waals surface area contributed by atoms with Crippen molar-refractivity contribution in [3.05, 3.63) is 76.9 Å². The van der Waals surface area contributed by atoms with Crippen molar-refractivity contribution in [3.63, 3.8) is 0 Å². The Morgan fingerprint density at radius 3 is 2.85 bits per heavy atom. The number of amides is 3. The van der Waals surface area contributed by atoms with E-state index in [1.165, 1.54) is 17.0 Å². The highest BCUT2D eigenvalue weighted by atomic mass is 16.5. The van der Waals surface area contributed by atoms with Crippen LogP contribution < -0.4 is 10.1 Å². The second-order valence-electron chi connectivity index (χ2n) is 8.38. The van der Waals surface area contributed by atoms with Crippen LogP contribution in [-0.4, -0.2) is 53.3 Å². The third-order valence-electron chi connectivity index (χ3n) is 6.08.